The summed E-state index contributed by atoms with van der Waals surface area (Å²) in [4.78, 5) is 16.1. The molecule has 0 aliphatic carbocycles. The van der Waals surface area contributed by atoms with E-state index in [-0.39, 0.29) is 18.4 Å². The van der Waals surface area contributed by atoms with Crippen LogP contribution in [0.4, 0.5) is 13.2 Å². The van der Waals surface area contributed by atoms with Crippen LogP contribution in [-0.2, 0) is 17.4 Å². The van der Waals surface area contributed by atoms with Crippen LogP contribution in [0.15, 0.2) is 24.3 Å². The number of nitrogens with zero attached hydrogens (tertiary/aromatic N) is 2. The summed E-state index contributed by atoms with van der Waals surface area (Å²) in [5.74, 6) is -0.0783. The SMILES string of the molecule is CC[C@H](O)CN1CCN(C(=O)Cc2ccc(C(F)(F)F)cc2)CC1. The Morgan fingerprint density at radius 2 is 1.75 bits per heavy atom. The number of aliphatic hydroxyl groups excluding tert-OH is 1. The van der Waals surface area contributed by atoms with Crippen molar-refractivity contribution in [2.75, 3.05) is 32.7 Å². The Morgan fingerprint density at radius 3 is 2.25 bits per heavy atom. The molecule has 1 fully saturated rings. The predicted molar refractivity (Wildman–Crippen MR) is 84.5 cm³/mol. The number of piperazine rings is 1. The van der Waals surface area contributed by atoms with Crippen LogP contribution in [-0.4, -0.2) is 59.6 Å². The van der Waals surface area contributed by atoms with E-state index >= 15 is 0 Å². The standard InChI is InChI=1S/C17H23F3N2O2/c1-2-15(23)12-21-7-9-22(10-8-21)16(24)11-13-3-5-14(6-4-13)17(18,19)20/h3-6,15,23H,2,7-12H2,1H3/t15-/m0/s1. The van der Waals surface area contributed by atoms with E-state index in [0.29, 0.717) is 44.7 Å². The largest absolute Gasteiger partial charge is 0.416 e. The van der Waals surface area contributed by atoms with Crippen molar-refractivity contribution in [2.45, 2.75) is 32.0 Å². The van der Waals surface area contributed by atoms with Crippen molar-refractivity contribution in [1.29, 1.82) is 0 Å². The zero-order valence-corrected chi connectivity index (χ0v) is 13.7. The minimum absolute atomic E-state index is 0.0783. The van der Waals surface area contributed by atoms with Gasteiger partial charge in [-0.25, -0.2) is 0 Å². The Bertz CT molecular complexity index is 538. The maximum absolute atomic E-state index is 12.5. The third-order valence-electron chi connectivity index (χ3n) is 4.30. The molecule has 134 valence electrons. The first-order valence-electron chi connectivity index (χ1n) is 8.14. The second kappa shape index (κ2) is 7.98. The van der Waals surface area contributed by atoms with Gasteiger partial charge in [0.05, 0.1) is 18.1 Å². The molecule has 1 atom stereocenters. The Kier molecular flexibility index (Phi) is 6.23. The van der Waals surface area contributed by atoms with Crippen LogP contribution in [0, 0.1) is 0 Å². The van der Waals surface area contributed by atoms with Gasteiger partial charge in [-0.2, -0.15) is 13.2 Å². The molecule has 0 spiro atoms. The Hall–Kier alpha value is -1.60. The van der Waals surface area contributed by atoms with Gasteiger partial charge in [0, 0.05) is 32.7 Å². The first-order valence-corrected chi connectivity index (χ1v) is 8.14. The Labute approximate surface area is 139 Å². The van der Waals surface area contributed by atoms with Gasteiger partial charge < -0.3 is 10.0 Å². The molecule has 2 rings (SSSR count). The minimum atomic E-state index is -4.36. The van der Waals surface area contributed by atoms with Crippen molar-refractivity contribution in [3.8, 4) is 0 Å². The monoisotopic (exact) mass is 344 g/mol. The molecule has 7 heteroatoms. The summed E-state index contributed by atoms with van der Waals surface area (Å²) in [5.41, 5.74) is -0.126. The summed E-state index contributed by atoms with van der Waals surface area (Å²) in [7, 11) is 0. The normalized spacial score (nSPS) is 17.8. The quantitative estimate of drug-likeness (QED) is 0.890. The fourth-order valence-electron chi connectivity index (χ4n) is 2.70. The van der Waals surface area contributed by atoms with Crippen molar-refractivity contribution in [3.05, 3.63) is 35.4 Å². The second-order valence-corrected chi connectivity index (χ2v) is 6.11. The van der Waals surface area contributed by atoms with Gasteiger partial charge in [0.15, 0.2) is 0 Å². The topological polar surface area (TPSA) is 43.8 Å². The summed E-state index contributed by atoms with van der Waals surface area (Å²) in [5, 5.41) is 9.66. The molecule has 0 radical (unpaired) electrons. The number of alkyl halides is 3. The molecule has 0 unspecified atom stereocenters. The molecule has 1 amide bonds. The van der Waals surface area contributed by atoms with Crippen molar-refractivity contribution in [2.24, 2.45) is 0 Å². The number of halogens is 3. The van der Waals surface area contributed by atoms with Gasteiger partial charge in [0.1, 0.15) is 0 Å². The number of aliphatic hydroxyl groups is 1. The zero-order valence-electron chi connectivity index (χ0n) is 13.7. The van der Waals surface area contributed by atoms with Crippen LogP contribution in [0.2, 0.25) is 0 Å². The highest BCUT2D eigenvalue weighted by atomic mass is 19.4. The summed E-state index contributed by atoms with van der Waals surface area (Å²) in [6.07, 6.45) is -3.90. The van der Waals surface area contributed by atoms with E-state index < -0.39 is 11.7 Å². The third-order valence-corrected chi connectivity index (χ3v) is 4.30. The van der Waals surface area contributed by atoms with E-state index in [4.69, 9.17) is 0 Å². The number of amides is 1. The van der Waals surface area contributed by atoms with E-state index in [2.05, 4.69) is 4.90 Å². The molecule has 1 saturated heterocycles. The number of benzene rings is 1. The van der Waals surface area contributed by atoms with Gasteiger partial charge in [-0.1, -0.05) is 19.1 Å². The summed E-state index contributed by atoms with van der Waals surface area (Å²) >= 11 is 0. The maximum atomic E-state index is 12.5. The number of carbonyl (C=O) groups is 1. The van der Waals surface area contributed by atoms with Crippen molar-refractivity contribution in [1.82, 2.24) is 9.80 Å². The van der Waals surface area contributed by atoms with Gasteiger partial charge in [-0.3, -0.25) is 9.69 Å². The molecule has 1 aliphatic rings. The lowest BCUT2D eigenvalue weighted by atomic mass is 10.1. The van der Waals surface area contributed by atoms with Crippen LogP contribution in [0.5, 0.6) is 0 Å². The van der Waals surface area contributed by atoms with E-state index in [1.165, 1.54) is 12.1 Å². The van der Waals surface area contributed by atoms with Crippen LogP contribution in [0.25, 0.3) is 0 Å². The summed E-state index contributed by atoms with van der Waals surface area (Å²) in [6, 6.07) is 4.72. The van der Waals surface area contributed by atoms with Gasteiger partial charge in [-0.15, -0.1) is 0 Å². The van der Waals surface area contributed by atoms with Gasteiger partial charge in [-0.05, 0) is 24.1 Å². The highest BCUT2D eigenvalue weighted by Crippen LogP contribution is 2.29. The number of β-amino-alcohol motifs (C(OH)–C–C–N with tert-alkyl or cyclic N) is 1. The molecule has 0 bridgehead atoms. The first kappa shape index (κ1) is 18.7. The average Bonchev–Trinajstić information content (AvgIpc) is 2.55. The van der Waals surface area contributed by atoms with Crippen molar-refractivity contribution in [3.63, 3.8) is 0 Å². The molecule has 1 aromatic carbocycles. The molecule has 0 saturated carbocycles. The number of hydrogen-bond donors (Lipinski definition) is 1. The Morgan fingerprint density at radius 1 is 1.17 bits per heavy atom. The lowest BCUT2D eigenvalue weighted by Crippen LogP contribution is -2.50. The molecular formula is C17H23F3N2O2. The third kappa shape index (κ3) is 5.21. The first-order chi connectivity index (χ1) is 11.3. The van der Waals surface area contributed by atoms with E-state index in [9.17, 15) is 23.1 Å². The van der Waals surface area contributed by atoms with Gasteiger partial charge in [0.25, 0.3) is 0 Å². The second-order valence-electron chi connectivity index (χ2n) is 6.11. The molecule has 4 nitrogen and oxygen atoms in total. The van der Waals surface area contributed by atoms with Crippen molar-refractivity contribution < 1.29 is 23.1 Å². The Balaban J connectivity index is 1.83. The molecule has 1 aliphatic heterocycles. The number of carbonyl (C=O) groups excluding carboxylic acids is 1. The smallest absolute Gasteiger partial charge is 0.392 e. The highest BCUT2D eigenvalue weighted by molar-refractivity contribution is 5.78. The number of hydrogen-bond acceptors (Lipinski definition) is 3. The fourth-order valence-corrected chi connectivity index (χ4v) is 2.70. The molecule has 24 heavy (non-hydrogen) atoms. The minimum Gasteiger partial charge on any atom is -0.392 e. The average molecular weight is 344 g/mol. The lowest BCUT2D eigenvalue weighted by molar-refractivity contribution is -0.137. The van der Waals surface area contributed by atoms with Crippen LogP contribution in [0.1, 0.15) is 24.5 Å². The highest BCUT2D eigenvalue weighted by Gasteiger charge is 2.30. The van der Waals surface area contributed by atoms with Crippen molar-refractivity contribution >= 4 is 5.91 Å². The molecule has 1 aromatic rings. The summed E-state index contributed by atoms with van der Waals surface area (Å²) < 4.78 is 37.6. The maximum Gasteiger partial charge on any atom is 0.416 e. The molecule has 1 N–H and O–H groups in total. The molecular weight excluding hydrogens is 321 g/mol. The number of rotatable bonds is 5. The van der Waals surface area contributed by atoms with Crippen LogP contribution in [0.3, 0.4) is 0 Å². The fraction of sp³-hybridized carbons (Fsp3) is 0.588. The zero-order chi connectivity index (χ0) is 17.7. The van der Waals surface area contributed by atoms with E-state index in [1.807, 2.05) is 6.92 Å². The van der Waals surface area contributed by atoms with E-state index in [0.717, 1.165) is 12.1 Å². The summed E-state index contributed by atoms with van der Waals surface area (Å²) in [6.45, 7) is 5.10. The van der Waals surface area contributed by atoms with Crippen LogP contribution < -0.4 is 0 Å². The van der Waals surface area contributed by atoms with E-state index in [1.54, 1.807) is 4.90 Å². The molecule has 1 heterocycles. The predicted octanol–water partition coefficient (Wildman–Crippen LogP) is 2.16. The van der Waals surface area contributed by atoms with Gasteiger partial charge in [0.2, 0.25) is 5.91 Å². The lowest BCUT2D eigenvalue weighted by Gasteiger charge is -2.35. The van der Waals surface area contributed by atoms with Crippen LogP contribution >= 0.6 is 0 Å². The van der Waals surface area contributed by atoms with Gasteiger partial charge >= 0.3 is 6.18 Å². The molecule has 0 aromatic heterocycles.